The Bertz CT molecular complexity index is 1180. The molecule has 1 aliphatic carbocycles. The summed E-state index contributed by atoms with van der Waals surface area (Å²) in [4.78, 5) is 31.2. The normalized spacial score (nSPS) is 14.3. The van der Waals surface area contributed by atoms with Crippen molar-refractivity contribution in [2.75, 3.05) is 12.4 Å². The molecular formula is C26H31N3O3. The van der Waals surface area contributed by atoms with Crippen LogP contribution in [0.25, 0.3) is 10.9 Å². The van der Waals surface area contributed by atoms with Gasteiger partial charge in [0, 0.05) is 11.6 Å². The number of pyridine rings is 1. The lowest BCUT2D eigenvalue weighted by Gasteiger charge is -2.34. The Morgan fingerprint density at radius 2 is 1.88 bits per heavy atom. The average Bonchev–Trinajstić information content (AvgIpc) is 2.81. The highest BCUT2D eigenvalue weighted by atomic mass is 16.5. The smallest absolute Gasteiger partial charge is 0.322 e. The van der Waals surface area contributed by atoms with Crippen molar-refractivity contribution in [1.29, 1.82) is 0 Å². The lowest BCUT2D eigenvalue weighted by Crippen LogP contribution is -2.44. The van der Waals surface area contributed by atoms with E-state index >= 15 is 0 Å². The minimum Gasteiger partial charge on any atom is -0.495 e. The van der Waals surface area contributed by atoms with Crippen molar-refractivity contribution in [2.45, 2.75) is 58.5 Å². The molecule has 32 heavy (non-hydrogen) atoms. The van der Waals surface area contributed by atoms with Crippen molar-refractivity contribution < 1.29 is 9.53 Å². The van der Waals surface area contributed by atoms with Crippen molar-refractivity contribution in [2.24, 2.45) is 0 Å². The maximum Gasteiger partial charge on any atom is 0.322 e. The molecule has 6 heteroatoms. The summed E-state index contributed by atoms with van der Waals surface area (Å²) in [6.45, 7) is 4.32. The van der Waals surface area contributed by atoms with Gasteiger partial charge in [0.1, 0.15) is 5.75 Å². The third-order valence-corrected chi connectivity index (χ3v) is 6.59. The number of fused-ring (bicyclic) bond motifs is 1. The van der Waals surface area contributed by atoms with Gasteiger partial charge in [-0.25, -0.2) is 4.79 Å². The second kappa shape index (κ2) is 9.47. The summed E-state index contributed by atoms with van der Waals surface area (Å²) in [6, 6.07) is 13.3. The SMILES string of the molecule is COc1ccccc1NC(=O)N(Cc1cc2ccc(C)c(C)c2[nH]c1=O)C1CCCCC1. The Hall–Kier alpha value is -3.28. The van der Waals surface area contributed by atoms with Crippen LogP contribution in [-0.2, 0) is 6.54 Å². The highest BCUT2D eigenvalue weighted by molar-refractivity contribution is 5.91. The number of hydrogen-bond acceptors (Lipinski definition) is 3. The van der Waals surface area contributed by atoms with Crippen LogP contribution >= 0.6 is 0 Å². The van der Waals surface area contributed by atoms with E-state index in [2.05, 4.69) is 16.4 Å². The zero-order valence-electron chi connectivity index (χ0n) is 19.0. The van der Waals surface area contributed by atoms with E-state index < -0.39 is 0 Å². The maximum absolute atomic E-state index is 13.4. The van der Waals surface area contributed by atoms with Crippen molar-refractivity contribution in [1.82, 2.24) is 9.88 Å². The summed E-state index contributed by atoms with van der Waals surface area (Å²) in [5.41, 5.74) is 4.16. The first-order chi connectivity index (χ1) is 15.5. The number of para-hydroxylation sites is 2. The molecule has 1 heterocycles. The number of rotatable bonds is 5. The number of hydrogen-bond donors (Lipinski definition) is 2. The predicted octanol–water partition coefficient (Wildman–Crippen LogP) is 5.52. The fraction of sp³-hybridized carbons (Fsp3) is 0.385. The van der Waals surface area contributed by atoms with Crippen molar-refractivity contribution >= 4 is 22.6 Å². The Morgan fingerprint density at radius 1 is 1.12 bits per heavy atom. The molecule has 0 bridgehead atoms. The molecule has 0 aliphatic heterocycles. The molecule has 2 amide bonds. The number of aryl methyl sites for hydroxylation is 2. The van der Waals surface area contributed by atoms with Crippen LogP contribution < -0.4 is 15.6 Å². The van der Waals surface area contributed by atoms with Gasteiger partial charge in [-0.15, -0.1) is 0 Å². The minimum atomic E-state index is -0.207. The van der Waals surface area contributed by atoms with E-state index in [9.17, 15) is 9.59 Å². The Morgan fingerprint density at radius 3 is 2.62 bits per heavy atom. The number of aromatic nitrogens is 1. The quantitative estimate of drug-likeness (QED) is 0.556. The van der Waals surface area contributed by atoms with E-state index in [1.165, 1.54) is 6.42 Å². The number of ether oxygens (including phenoxy) is 1. The topological polar surface area (TPSA) is 74.4 Å². The first-order valence-electron chi connectivity index (χ1n) is 11.3. The Balaban J connectivity index is 1.66. The fourth-order valence-corrected chi connectivity index (χ4v) is 4.57. The summed E-state index contributed by atoms with van der Waals surface area (Å²) in [6.07, 6.45) is 5.27. The molecule has 1 aromatic heterocycles. The van der Waals surface area contributed by atoms with Crippen molar-refractivity contribution in [3.63, 3.8) is 0 Å². The lowest BCUT2D eigenvalue weighted by molar-refractivity contribution is 0.162. The molecule has 0 saturated heterocycles. The molecule has 0 radical (unpaired) electrons. The molecule has 3 aromatic rings. The number of benzene rings is 2. The van der Waals surface area contributed by atoms with E-state index in [0.717, 1.165) is 47.7 Å². The number of methoxy groups -OCH3 is 1. The number of carbonyl (C=O) groups is 1. The van der Waals surface area contributed by atoms with E-state index in [1.54, 1.807) is 7.11 Å². The first-order valence-corrected chi connectivity index (χ1v) is 11.3. The van der Waals surface area contributed by atoms with Gasteiger partial charge in [-0.1, -0.05) is 43.5 Å². The van der Waals surface area contributed by atoms with Crippen LogP contribution in [0.3, 0.4) is 0 Å². The summed E-state index contributed by atoms with van der Waals surface area (Å²) in [5, 5.41) is 3.98. The van der Waals surface area contributed by atoms with Gasteiger partial charge in [0.05, 0.1) is 24.9 Å². The number of nitrogens with one attached hydrogen (secondary N) is 2. The number of urea groups is 1. The van der Waals surface area contributed by atoms with Crippen molar-refractivity contribution in [3.05, 3.63) is 69.5 Å². The number of H-pyrrole nitrogens is 1. The van der Waals surface area contributed by atoms with E-state index in [0.29, 0.717) is 17.0 Å². The van der Waals surface area contributed by atoms with Crippen LogP contribution in [0.5, 0.6) is 5.75 Å². The van der Waals surface area contributed by atoms with Gasteiger partial charge in [-0.3, -0.25) is 4.79 Å². The molecule has 1 aliphatic rings. The van der Waals surface area contributed by atoms with Gasteiger partial charge in [-0.05, 0) is 61.4 Å². The standard InChI is InChI=1S/C26H31N3O3/c1-17-13-14-19-15-20(25(30)28-24(19)18(17)2)16-29(21-9-5-4-6-10-21)26(31)27-22-11-7-8-12-23(22)32-3/h7-8,11-15,21H,4-6,9-10,16H2,1-3H3,(H,27,31)(H,28,30). The van der Waals surface area contributed by atoms with Gasteiger partial charge in [0.2, 0.25) is 0 Å². The number of amides is 2. The van der Waals surface area contributed by atoms with Crippen LogP contribution in [0.1, 0.15) is 48.8 Å². The van der Waals surface area contributed by atoms with Crippen molar-refractivity contribution in [3.8, 4) is 5.75 Å². The molecule has 2 N–H and O–H groups in total. The van der Waals surface area contributed by atoms with Crippen LogP contribution in [0.4, 0.5) is 10.5 Å². The summed E-state index contributed by atoms with van der Waals surface area (Å²) in [5.74, 6) is 0.610. The Kier molecular flexibility index (Phi) is 6.49. The molecule has 1 saturated carbocycles. The van der Waals surface area contributed by atoms with Crippen LogP contribution in [-0.4, -0.2) is 29.1 Å². The molecular weight excluding hydrogens is 402 g/mol. The molecule has 2 aromatic carbocycles. The molecule has 0 atom stereocenters. The lowest BCUT2D eigenvalue weighted by atomic mass is 9.94. The summed E-state index contributed by atoms with van der Waals surface area (Å²) < 4.78 is 5.39. The highest BCUT2D eigenvalue weighted by Gasteiger charge is 2.27. The zero-order chi connectivity index (χ0) is 22.7. The molecule has 168 valence electrons. The number of carbonyl (C=O) groups excluding carboxylic acids is 1. The predicted molar refractivity (Wildman–Crippen MR) is 128 cm³/mol. The molecule has 4 rings (SSSR count). The number of anilines is 1. The van der Waals surface area contributed by atoms with E-state index in [1.807, 2.05) is 55.1 Å². The largest absolute Gasteiger partial charge is 0.495 e. The highest BCUT2D eigenvalue weighted by Crippen LogP contribution is 2.28. The zero-order valence-corrected chi connectivity index (χ0v) is 19.0. The number of aromatic amines is 1. The fourth-order valence-electron chi connectivity index (χ4n) is 4.57. The monoisotopic (exact) mass is 433 g/mol. The van der Waals surface area contributed by atoms with Gasteiger partial charge in [0.25, 0.3) is 5.56 Å². The molecule has 1 fully saturated rings. The van der Waals surface area contributed by atoms with Gasteiger partial charge in [0.15, 0.2) is 0 Å². The molecule has 6 nitrogen and oxygen atoms in total. The van der Waals surface area contributed by atoms with Crippen LogP contribution in [0, 0.1) is 13.8 Å². The van der Waals surface area contributed by atoms with Gasteiger partial charge in [-0.2, -0.15) is 0 Å². The second-order valence-corrected chi connectivity index (χ2v) is 8.65. The number of nitrogens with zero attached hydrogens (tertiary/aromatic N) is 1. The first kappa shape index (κ1) is 21.9. The van der Waals surface area contributed by atoms with Gasteiger partial charge >= 0.3 is 6.03 Å². The van der Waals surface area contributed by atoms with E-state index in [4.69, 9.17) is 4.74 Å². The second-order valence-electron chi connectivity index (χ2n) is 8.65. The maximum atomic E-state index is 13.4. The Labute approximate surface area is 188 Å². The van der Waals surface area contributed by atoms with Crippen LogP contribution in [0.15, 0.2) is 47.3 Å². The van der Waals surface area contributed by atoms with Gasteiger partial charge < -0.3 is 19.9 Å². The molecule has 0 spiro atoms. The summed E-state index contributed by atoms with van der Waals surface area (Å²) in [7, 11) is 1.59. The molecule has 0 unspecified atom stereocenters. The summed E-state index contributed by atoms with van der Waals surface area (Å²) >= 11 is 0. The third-order valence-electron chi connectivity index (χ3n) is 6.59. The minimum absolute atomic E-state index is 0.105. The average molecular weight is 434 g/mol. The third kappa shape index (κ3) is 4.49. The van der Waals surface area contributed by atoms with Crippen LogP contribution in [0.2, 0.25) is 0 Å². The van der Waals surface area contributed by atoms with E-state index in [-0.39, 0.29) is 24.2 Å².